The Balaban J connectivity index is 2.23. The van der Waals surface area contributed by atoms with E-state index in [9.17, 15) is 4.79 Å². The van der Waals surface area contributed by atoms with E-state index in [1.807, 2.05) is 11.9 Å². The van der Waals surface area contributed by atoms with Crippen LogP contribution in [0.5, 0.6) is 0 Å². The molecule has 5 nitrogen and oxygen atoms in total. The molecule has 0 saturated carbocycles. The number of carbonyl (C=O) groups excluding carboxylic acids is 1. The summed E-state index contributed by atoms with van der Waals surface area (Å²) in [6.45, 7) is 1.99. The van der Waals surface area contributed by atoms with E-state index in [4.69, 9.17) is 5.73 Å². The number of carbonyl (C=O) groups is 1. The van der Waals surface area contributed by atoms with Crippen LogP contribution in [-0.2, 0) is 0 Å². The highest BCUT2D eigenvalue weighted by molar-refractivity contribution is 5.97. The van der Waals surface area contributed by atoms with Crippen LogP contribution >= 0.6 is 0 Å². The van der Waals surface area contributed by atoms with E-state index in [2.05, 4.69) is 10.3 Å². The lowest BCUT2D eigenvalue weighted by molar-refractivity contribution is 0.100. The van der Waals surface area contributed by atoms with Gasteiger partial charge in [-0.1, -0.05) is 0 Å². The maximum Gasteiger partial charge on any atom is 0.252 e. The number of nitrogens with two attached hydrogens (primary N) is 1. The Labute approximate surface area is 101 Å². The van der Waals surface area contributed by atoms with E-state index in [0.29, 0.717) is 17.4 Å². The van der Waals surface area contributed by atoms with Crippen LogP contribution in [0.2, 0.25) is 0 Å². The van der Waals surface area contributed by atoms with Crippen molar-refractivity contribution in [3.05, 3.63) is 23.9 Å². The van der Waals surface area contributed by atoms with Gasteiger partial charge in [-0.2, -0.15) is 0 Å². The van der Waals surface area contributed by atoms with Crippen molar-refractivity contribution in [3.8, 4) is 0 Å². The molecule has 2 heterocycles. The minimum atomic E-state index is -0.427. The first-order valence-electron chi connectivity index (χ1n) is 5.88. The van der Waals surface area contributed by atoms with Crippen molar-refractivity contribution in [1.29, 1.82) is 0 Å². The SMILES string of the molecule is CN(c1ncccc1C(N)=O)C1CCCNC1. The van der Waals surface area contributed by atoms with E-state index in [-0.39, 0.29) is 0 Å². The van der Waals surface area contributed by atoms with Crippen molar-refractivity contribution >= 4 is 11.7 Å². The summed E-state index contributed by atoms with van der Waals surface area (Å²) in [5.74, 6) is 0.248. The molecular weight excluding hydrogens is 216 g/mol. The van der Waals surface area contributed by atoms with Crippen molar-refractivity contribution in [2.75, 3.05) is 25.0 Å². The minimum absolute atomic E-state index is 0.372. The molecule has 1 aliphatic heterocycles. The fraction of sp³-hybridized carbons (Fsp3) is 0.500. The zero-order valence-electron chi connectivity index (χ0n) is 10.0. The number of piperidine rings is 1. The Hall–Kier alpha value is -1.62. The molecule has 1 atom stereocenters. The molecule has 1 saturated heterocycles. The highest BCUT2D eigenvalue weighted by Gasteiger charge is 2.22. The van der Waals surface area contributed by atoms with Crippen molar-refractivity contribution < 1.29 is 4.79 Å². The van der Waals surface area contributed by atoms with Gasteiger partial charge in [-0.3, -0.25) is 4.79 Å². The van der Waals surface area contributed by atoms with Gasteiger partial charge < -0.3 is 16.0 Å². The van der Waals surface area contributed by atoms with E-state index in [1.54, 1.807) is 18.3 Å². The second-order valence-corrected chi connectivity index (χ2v) is 4.35. The highest BCUT2D eigenvalue weighted by Crippen LogP contribution is 2.20. The Morgan fingerprint density at radius 2 is 2.47 bits per heavy atom. The average molecular weight is 234 g/mol. The molecule has 0 spiro atoms. The largest absolute Gasteiger partial charge is 0.365 e. The van der Waals surface area contributed by atoms with Gasteiger partial charge in [0.15, 0.2) is 0 Å². The van der Waals surface area contributed by atoms with E-state index < -0.39 is 5.91 Å². The predicted octanol–water partition coefficient (Wildman–Crippen LogP) is 0.369. The molecule has 17 heavy (non-hydrogen) atoms. The molecule has 2 rings (SSSR count). The molecule has 1 fully saturated rings. The van der Waals surface area contributed by atoms with Gasteiger partial charge in [-0.05, 0) is 31.5 Å². The third kappa shape index (κ3) is 2.55. The maximum absolute atomic E-state index is 11.3. The van der Waals surface area contributed by atoms with Gasteiger partial charge >= 0.3 is 0 Å². The highest BCUT2D eigenvalue weighted by atomic mass is 16.1. The normalized spacial score (nSPS) is 19.9. The van der Waals surface area contributed by atoms with Crippen LogP contribution in [-0.4, -0.2) is 37.1 Å². The number of amides is 1. The number of hydrogen-bond donors (Lipinski definition) is 2. The Morgan fingerprint density at radius 3 is 3.12 bits per heavy atom. The van der Waals surface area contributed by atoms with Gasteiger partial charge in [0.25, 0.3) is 5.91 Å². The summed E-state index contributed by atoms with van der Waals surface area (Å²) >= 11 is 0. The summed E-state index contributed by atoms with van der Waals surface area (Å²) in [6, 6.07) is 3.82. The smallest absolute Gasteiger partial charge is 0.252 e. The van der Waals surface area contributed by atoms with E-state index in [1.165, 1.54) is 0 Å². The number of primary amides is 1. The van der Waals surface area contributed by atoms with E-state index >= 15 is 0 Å². The van der Waals surface area contributed by atoms with Crippen LogP contribution in [0.1, 0.15) is 23.2 Å². The molecule has 1 aliphatic rings. The third-order valence-electron chi connectivity index (χ3n) is 3.20. The Kier molecular flexibility index (Phi) is 3.58. The number of anilines is 1. The number of pyridine rings is 1. The zero-order valence-corrected chi connectivity index (χ0v) is 10.0. The van der Waals surface area contributed by atoms with Crippen LogP contribution in [0, 0.1) is 0 Å². The quantitative estimate of drug-likeness (QED) is 0.792. The average Bonchev–Trinajstić information content (AvgIpc) is 2.39. The summed E-state index contributed by atoms with van der Waals surface area (Å²) < 4.78 is 0. The van der Waals surface area contributed by atoms with Crippen molar-refractivity contribution in [2.24, 2.45) is 5.73 Å². The third-order valence-corrected chi connectivity index (χ3v) is 3.20. The molecule has 0 aromatic carbocycles. The number of rotatable bonds is 3. The zero-order chi connectivity index (χ0) is 12.3. The van der Waals surface area contributed by atoms with Crippen LogP contribution in [0.4, 0.5) is 5.82 Å². The number of nitrogens with one attached hydrogen (secondary N) is 1. The number of aromatic nitrogens is 1. The summed E-state index contributed by atoms with van der Waals surface area (Å²) in [6.07, 6.45) is 3.94. The summed E-state index contributed by atoms with van der Waals surface area (Å²) in [7, 11) is 1.96. The minimum Gasteiger partial charge on any atom is -0.365 e. The number of likely N-dealkylation sites (N-methyl/N-ethyl adjacent to an activating group) is 1. The van der Waals surface area contributed by atoms with Crippen molar-refractivity contribution in [3.63, 3.8) is 0 Å². The fourth-order valence-electron chi connectivity index (χ4n) is 2.21. The first-order chi connectivity index (χ1) is 8.20. The summed E-state index contributed by atoms with van der Waals surface area (Å²) in [5, 5.41) is 3.35. The molecule has 1 aromatic rings. The van der Waals surface area contributed by atoms with Gasteiger partial charge in [0.2, 0.25) is 0 Å². The monoisotopic (exact) mass is 234 g/mol. The Bertz CT molecular complexity index is 401. The predicted molar refractivity (Wildman–Crippen MR) is 67.0 cm³/mol. The number of nitrogens with zero attached hydrogens (tertiary/aromatic N) is 2. The molecule has 0 bridgehead atoms. The molecule has 1 aromatic heterocycles. The van der Waals surface area contributed by atoms with Gasteiger partial charge in [-0.15, -0.1) is 0 Å². The first-order valence-corrected chi connectivity index (χ1v) is 5.88. The van der Waals surface area contributed by atoms with Crippen LogP contribution < -0.4 is 16.0 Å². The second kappa shape index (κ2) is 5.14. The van der Waals surface area contributed by atoms with Crippen LogP contribution in [0.15, 0.2) is 18.3 Å². The molecule has 5 heteroatoms. The number of hydrogen-bond acceptors (Lipinski definition) is 4. The molecule has 1 amide bonds. The van der Waals surface area contributed by atoms with Gasteiger partial charge in [0, 0.05) is 25.8 Å². The lowest BCUT2D eigenvalue weighted by Gasteiger charge is -2.33. The first kappa shape index (κ1) is 11.9. The molecule has 3 N–H and O–H groups in total. The second-order valence-electron chi connectivity index (χ2n) is 4.35. The molecule has 1 unspecified atom stereocenters. The maximum atomic E-state index is 11.3. The van der Waals surface area contributed by atoms with Gasteiger partial charge in [0.1, 0.15) is 5.82 Å². The van der Waals surface area contributed by atoms with E-state index in [0.717, 1.165) is 25.9 Å². The summed E-state index contributed by atoms with van der Waals surface area (Å²) in [4.78, 5) is 17.7. The fourth-order valence-corrected chi connectivity index (χ4v) is 2.21. The molecule has 0 aliphatic carbocycles. The molecular formula is C12H18N4O. The standard InChI is InChI=1S/C12H18N4O/c1-16(9-4-2-6-14-8-9)12-10(11(13)17)5-3-7-15-12/h3,5,7,9,14H,2,4,6,8H2,1H3,(H2,13,17). The lowest BCUT2D eigenvalue weighted by Crippen LogP contribution is -2.45. The van der Waals surface area contributed by atoms with Gasteiger partial charge in [-0.25, -0.2) is 4.98 Å². The summed E-state index contributed by atoms with van der Waals surface area (Å²) in [5.41, 5.74) is 5.85. The van der Waals surface area contributed by atoms with Crippen LogP contribution in [0.25, 0.3) is 0 Å². The topological polar surface area (TPSA) is 71.2 Å². The van der Waals surface area contributed by atoms with Gasteiger partial charge in [0.05, 0.1) is 5.56 Å². The van der Waals surface area contributed by atoms with Crippen molar-refractivity contribution in [2.45, 2.75) is 18.9 Å². The van der Waals surface area contributed by atoms with Crippen molar-refractivity contribution in [1.82, 2.24) is 10.3 Å². The van der Waals surface area contributed by atoms with Crippen LogP contribution in [0.3, 0.4) is 0 Å². The molecule has 92 valence electrons. The molecule has 0 radical (unpaired) electrons. The Morgan fingerprint density at radius 1 is 1.65 bits per heavy atom. The lowest BCUT2D eigenvalue weighted by atomic mass is 10.1.